The molecule has 2 rings (SSSR count). The third kappa shape index (κ3) is 8.80. The maximum atomic E-state index is 12.4. The number of rotatable bonds is 3. The summed E-state index contributed by atoms with van der Waals surface area (Å²) in [6.45, 7) is 5.41. The molecule has 0 aliphatic heterocycles. The van der Waals surface area contributed by atoms with Crippen molar-refractivity contribution in [3.8, 4) is 0 Å². The number of benzene rings is 1. The molecule has 5 N–H and O–H groups in total. The first-order valence-electron chi connectivity index (χ1n) is 6.14. The van der Waals surface area contributed by atoms with E-state index in [2.05, 4.69) is 5.43 Å². The number of hydrazine groups is 1. The van der Waals surface area contributed by atoms with Crippen LogP contribution in [0.4, 0.5) is 4.39 Å². The molecule has 3 nitrogen and oxygen atoms in total. The van der Waals surface area contributed by atoms with Crippen LogP contribution in [0.25, 0.3) is 0 Å². The van der Waals surface area contributed by atoms with Crippen molar-refractivity contribution in [2.24, 2.45) is 17.5 Å². The fourth-order valence-electron chi connectivity index (χ4n) is 1.12. The van der Waals surface area contributed by atoms with Crippen LogP contribution in [0.3, 0.4) is 0 Å². The van der Waals surface area contributed by atoms with Crippen molar-refractivity contribution in [3.63, 3.8) is 0 Å². The summed E-state index contributed by atoms with van der Waals surface area (Å²) in [6.07, 6.45) is 2.77. The molecule has 1 aromatic rings. The molecular weight excluding hydrogens is 217 g/mol. The highest BCUT2D eigenvalue weighted by atomic mass is 19.1. The third-order valence-corrected chi connectivity index (χ3v) is 2.23. The third-order valence-electron chi connectivity index (χ3n) is 2.23. The summed E-state index contributed by atoms with van der Waals surface area (Å²) in [7, 11) is 0. The van der Waals surface area contributed by atoms with Crippen molar-refractivity contribution < 1.29 is 4.39 Å². The van der Waals surface area contributed by atoms with Gasteiger partial charge in [-0.05, 0) is 43.0 Å². The average molecular weight is 241 g/mol. The molecule has 1 aliphatic rings. The van der Waals surface area contributed by atoms with Gasteiger partial charge in [0.05, 0.1) is 0 Å². The highest BCUT2D eigenvalue weighted by molar-refractivity contribution is 5.15. The van der Waals surface area contributed by atoms with Crippen molar-refractivity contribution in [2.75, 3.05) is 6.54 Å². The molecule has 17 heavy (non-hydrogen) atoms. The van der Waals surface area contributed by atoms with Crippen LogP contribution in [0.1, 0.15) is 32.3 Å². The van der Waals surface area contributed by atoms with Crippen molar-refractivity contribution in [2.45, 2.75) is 33.2 Å². The van der Waals surface area contributed by atoms with Gasteiger partial charge in [-0.3, -0.25) is 11.3 Å². The van der Waals surface area contributed by atoms with E-state index in [1.54, 1.807) is 6.07 Å². The molecule has 4 heteroatoms. The summed E-state index contributed by atoms with van der Waals surface area (Å²) in [5.41, 5.74) is 8.53. The van der Waals surface area contributed by atoms with E-state index < -0.39 is 0 Å². The molecule has 1 aliphatic carbocycles. The summed E-state index contributed by atoms with van der Waals surface area (Å²) in [4.78, 5) is 0. The van der Waals surface area contributed by atoms with E-state index in [-0.39, 0.29) is 5.82 Å². The molecule has 0 saturated heterocycles. The fourth-order valence-corrected chi connectivity index (χ4v) is 1.12. The molecule has 0 unspecified atom stereocenters. The minimum atomic E-state index is -0.229. The van der Waals surface area contributed by atoms with Crippen LogP contribution in [0.5, 0.6) is 0 Å². The lowest BCUT2D eigenvalue weighted by Crippen LogP contribution is -2.20. The fraction of sp³-hybridized carbons (Fsp3) is 0.538. The van der Waals surface area contributed by atoms with Gasteiger partial charge < -0.3 is 5.73 Å². The smallest absolute Gasteiger partial charge is 0.123 e. The van der Waals surface area contributed by atoms with E-state index in [0.717, 1.165) is 18.0 Å². The van der Waals surface area contributed by atoms with Crippen molar-refractivity contribution >= 4 is 0 Å². The molecule has 0 heterocycles. The monoisotopic (exact) mass is 241 g/mol. The topological polar surface area (TPSA) is 64.1 Å². The van der Waals surface area contributed by atoms with E-state index in [0.29, 0.717) is 6.54 Å². The Balaban J connectivity index is 0.000000306. The lowest BCUT2D eigenvalue weighted by atomic mass is 10.2. The minimum Gasteiger partial charge on any atom is -0.330 e. The normalized spacial score (nSPS) is 13.0. The van der Waals surface area contributed by atoms with Gasteiger partial charge in [0.2, 0.25) is 0 Å². The first-order valence-corrected chi connectivity index (χ1v) is 6.14. The van der Waals surface area contributed by atoms with Crippen LogP contribution in [-0.4, -0.2) is 6.54 Å². The van der Waals surface area contributed by atoms with Gasteiger partial charge in [-0.2, -0.15) is 0 Å². The summed E-state index contributed by atoms with van der Waals surface area (Å²) in [5, 5.41) is 0. The lowest BCUT2D eigenvalue weighted by Gasteiger charge is -1.97. The van der Waals surface area contributed by atoms with Gasteiger partial charge in [-0.15, -0.1) is 0 Å². The second-order valence-electron chi connectivity index (χ2n) is 3.69. The number of nitrogens with one attached hydrogen (secondary N) is 1. The van der Waals surface area contributed by atoms with Gasteiger partial charge in [0.25, 0.3) is 0 Å². The van der Waals surface area contributed by atoms with Gasteiger partial charge in [0.1, 0.15) is 5.82 Å². The molecule has 0 aromatic heterocycles. The van der Waals surface area contributed by atoms with E-state index in [1.165, 1.54) is 25.0 Å². The molecule has 1 aromatic carbocycles. The standard InChI is InChI=1S/C7H9FN2.C4H9N.C2H6/c8-7-3-1-2-6(4-7)5-10-9;5-3-4-1-2-4;1-2/h1-4,10H,5,9H2;4H,1-3,5H2;1-2H3. The Morgan fingerprint density at radius 2 is 2.00 bits per heavy atom. The first-order chi connectivity index (χ1) is 8.26. The molecular formula is C13H24FN3. The number of hydrogen-bond donors (Lipinski definition) is 3. The number of hydrogen-bond acceptors (Lipinski definition) is 3. The van der Waals surface area contributed by atoms with Gasteiger partial charge in [-0.1, -0.05) is 26.0 Å². The highest BCUT2D eigenvalue weighted by Gasteiger charge is 2.17. The van der Waals surface area contributed by atoms with E-state index in [9.17, 15) is 4.39 Å². The molecule has 0 spiro atoms. The average Bonchev–Trinajstić information content (AvgIpc) is 3.17. The number of halogens is 1. The van der Waals surface area contributed by atoms with Crippen LogP contribution in [0, 0.1) is 11.7 Å². The van der Waals surface area contributed by atoms with Crippen LogP contribution in [0.2, 0.25) is 0 Å². The second kappa shape index (κ2) is 10.2. The Bertz CT molecular complexity index is 288. The largest absolute Gasteiger partial charge is 0.330 e. The second-order valence-corrected chi connectivity index (χ2v) is 3.69. The molecule has 0 bridgehead atoms. The van der Waals surface area contributed by atoms with Gasteiger partial charge in [0, 0.05) is 6.54 Å². The van der Waals surface area contributed by atoms with Crippen LogP contribution in [-0.2, 0) is 6.54 Å². The lowest BCUT2D eigenvalue weighted by molar-refractivity contribution is 0.622. The van der Waals surface area contributed by atoms with Crippen molar-refractivity contribution in [1.29, 1.82) is 0 Å². The highest BCUT2D eigenvalue weighted by Crippen LogP contribution is 2.26. The Hall–Kier alpha value is -0.970. The summed E-state index contributed by atoms with van der Waals surface area (Å²) < 4.78 is 12.4. The zero-order chi connectivity index (χ0) is 13.1. The molecule has 1 saturated carbocycles. The Morgan fingerprint density at radius 1 is 1.35 bits per heavy atom. The van der Waals surface area contributed by atoms with Crippen LogP contribution < -0.4 is 17.0 Å². The van der Waals surface area contributed by atoms with Gasteiger partial charge in [0.15, 0.2) is 0 Å². The quantitative estimate of drug-likeness (QED) is 0.561. The predicted molar refractivity (Wildman–Crippen MR) is 70.6 cm³/mol. The Kier molecular flexibility index (Phi) is 9.62. The van der Waals surface area contributed by atoms with Gasteiger partial charge in [-0.25, -0.2) is 4.39 Å². The molecule has 98 valence electrons. The number of nitrogens with two attached hydrogens (primary N) is 2. The minimum absolute atomic E-state index is 0.229. The summed E-state index contributed by atoms with van der Waals surface area (Å²) in [6, 6.07) is 6.31. The van der Waals surface area contributed by atoms with E-state index in [1.807, 2.05) is 19.9 Å². The molecule has 0 atom stereocenters. The zero-order valence-corrected chi connectivity index (χ0v) is 10.7. The zero-order valence-electron chi connectivity index (χ0n) is 10.7. The van der Waals surface area contributed by atoms with E-state index >= 15 is 0 Å². The van der Waals surface area contributed by atoms with Crippen LogP contribution in [0.15, 0.2) is 24.3 Å². The molecule has 0 radical (unpaired) electrons. The summed E-state index contributed by atoms with van der Waals surface area (Å²) in [5.74, 6) is 5.72. The Labute approximate surface area is 103 Å². The van der Waals surface area contributed by atoms with Crippen molar-refractivity contribution in [3.05, 3.63) is 35.6 Å². The van der Waals surface area contributed by atoms with Crippen LogP contribution >= 0.6 is 0 Å². The SMILES string of the molecule is CC.NCC1CC1.NNCc1cccc(F)c1. The first kappa shape index (κ1) is 16.0. The van der Waals surface area contributed by atoms with Gasteiger partial charge >= 0.3 is 0 Å². The van der Waals surface area contributed by atoms with E-state index in [4.69, 9.17) is 11.6 Å². The maximum Gasteiger partial charge on any atom is 0.123 e. The van der Waals surface area contributed by atoms with Crippen molar-refractivity contribution in [1.82, 2.24) is 5.43 Å². The molecule has 0 amide bonds. The predicted octanol–water partition coefficient (Wildman–Crippen LogP) is 2.17. The molecule has 1 fully saturated rings. The summed E-state index contributed by atoms with van der Waals surface area (Å²) >= 11 is 0. The maximum absolute atomic E-state index is 12.4. The Morgan fingerprint density at radius 3 is 2.35 bits per heavy atom.